The van der Waals surface area contributed by atoms with Crippen LogP contribution in [0.25, 0.3) is 0 Å². The summed E-state index contributed by atoms with van der Waals surface area (Å²) in [7, 11) is 0. The van der Waals surface area contributed by atoms with E-state index in [0.29, 0.717) is 0 Å². The Labute approximate surface area is 123 Å². The Morgan fingerprint density at radius 1 is 0.700 bits per heavy atom. The fourth-order valence-corrected chi connectivity index (χ4v) is 3.42. The molecule has 3 aliphatic heterocycles. The summed E-state index contributed by atoms with van der Waals surface area (Å²) in [5.74, 6) is 0. The highest BCUT2D eigenvalue weighted by atomic mass is 15.6. The molecule has 0 aromatic carbocycles. The maximum absolute atomic E-state index is 2.56. The van der Waals surface area contributed by atoms with E-state index < -0.39 is 0 Å². The lowest BCUT2D eigenvalue weighted by Gasteiger charge is -2.35. The van der Waals surface area contributed by atoms with Gasteiger partial charge >= 0.3 is 0 Å². The zero-order valence-corrected chi connectivity index (χ0v) is 12.6. The van der Waals surface area contributed by atoms with E-state index in [-0.39, 0.29) is 0 Å². The summed E-state index contributed by atoms with van der Waals surface area (Å²) in [5, 5.41) is 4.78. The molecule has 0 unspecified atom stereocenters. The second-order valence-electron chi connectivity index (χ2n) is 6.21. The van der Waals surface area contributed by atoms with Gasteiger partial charge in [-0.25, -0.2) is 5.01 Å². The SMILES string of the molecule is [CH]1C=C(N2CCCCCC2)C=CN1N1CCCCCC1. The smallest absolute Gasteiger partial charge is 0.0909 e. The fourth-order valence-electron chi connectivity index (χ4n) is 3.42. The second kappa shape index (κ2) is 7.16. The molecule has 0 atom stereocenters. The van der Waals surface area contributed by atoms with E-state index >= 15 is 0 Å². The van der Waals surface area contributed by atoms with Gasteiger partial charge in [-0.1, -0.05) is 25.7 Å². The molecule has 1 radical (unpaired) electrons. The van der Waals surface area contributed by atoms with Gasteiger partial charge in [0, 0.05) is 38.1 Å². The van der Waals surface area contributed by atoms with Crippen molar-refractivity contribution in [1.29, 1.82) is 0 Å². The highest BCUT2D eigenvalue weighted by Gasteiger charge is 2.18. The predicted molar refractivity (Wildman–Crippen MR) is 83.4 cm³/mol. The first-order valence-corrected chi connectivity index (χ1v) is 8.45. The Hall–Kier alpha value is -0.960. The summed E-state index contributed by atoms with van der Waals surface area (Å²) in [5.41, 5.74) is 1.40. The first-order valence-electron chi connectivity index (χ1n) is 8.45. The van der Waals surface area contributed by atoms with Crippen molar-refractivity contribution >= 4 is 0 Å². The lowest BCUT2D eigenvalue weighted by Crippen LogP contribution is -2.39. The molecule has 0 aromatic rings. The number of hydrazine groups is 1. The number of nitrogens with zero attached hydrogens (tertiary/aromatic N) is 3. The average molecular weight is 274 g/mol. The molecular formula is C17H28N3. The van der Waals surface area contributed by atoms with Crippen molar-refractivity contribution in [3.05, 3.63) is 30.6 Å². The van der Waals surface area contributed by atoms with Gasteiger partial charge in [-0.05, 0) is 37.8 Å². The minimum atomic E-state index is 1.20. The van der Waals surface area contributed by atoms with Gasteiger partial charge in [0.05, 0.1) is 6.54 Å². The predicted octanol–water partition coefficient (Wildman–Crippen LogP) is 3.53. The standard InChI is InChI=1S/C17H28N3/c1-2-6-12-18(11-5-1)17-9-15-20(16-10-17)19-13-7-3-4-8-14-19/h9-10,15-16H,1-8,11-14H2. The van der Waals surface area contributed by atoms with Crippen LogP contribution in [0.15, 0.2) is 24.0 Å². The molecule has 2 saturated heterocycles. The van der Waals surface area contributed by atoms with Crippen LogP contribution < -0.4 is 0 Å². The molecule has 0 bridgehead atoms. The van der Waals surface area contributed by atoms with E-state index in [1.807, 2.05) is 0 Å². The van der Waals surface area contributed by atoms with Crippen molar-refractivity contribution in [2.75, 3.05) is 26.2 Å². The Morgan fingerprint density at radius 3 is 1.85 bits per heavy atom. The quantitative estimate of drug-likeness (QED) is 0.762. The zero-order chi connectivity index (χ0) is 13.6. The van der Waals surface area contributed by atoms with Gasteiger partial charge < -0.3 is 9.91 Å². The first-order chi connectivity index (χ1) is 9.93. The van der Waals surface area contributed by atoms with Crippen molar-refractivity contribution < 1.29 is 0 Å². The third-order valence-electron chi connectivity index (χ3n) is 4.68. The lowest BCUT2D eigenvalue weighted by molar-refractivity contribution is 0.0570. The third kappa shape index (κ3) is 3.57. The number of hydrogen-bond donors (Lipinski definition) is 0. The van der Waals surface area contributed by atoms with Gasteiger partial charge in [-0.2, -0.15) is 0 Å². The van der Waals surface area contributed by atoms with Crippen LogP contribution in [0.1, 0.15) is 51.4 Å². The molecule has 20 heavy (non-hydrogen) atoms. The van der Waals surface area contributed by atoms with Crippen LogP contribution in [-0.2, 0) is 0 Å². The molecule has 3 heterocycles. The summed E-state index contributed by atoms with van der Waals surface area (Å²) >= 11 is 0. The Balaban J connectivity index is 1.55. The minimum absolute atomic E-state index is 1.20. The summed E-state index contributed by atoms with van der Waals surface area (Å²) in [4.78, 5) is 2.56. The molecule has 0 aliphatic carbocycles. The van der Waals surface area contributed by atoms with Gasteiger partial charge in [0.25, 0.3) is 0 Å². The molecule has 0 aromatic heterocycles. The minimum Gasteiger partial charge on any atom is -0.372 e. The lowest BCUT2D eigenvalue weighted by atomic mass is 10.2. The topological polar surface area (TPSA) is 9.72 Å². The summed E-state index contributed by atoms with van der Waals surface area (Å²) in [6.45, 7) is 7.12. The first kappa shape index (κ1) is 14.0. The van der Waals surface area contributed by atoms with Crippen molar-refractivity contribution in [3.8, 4) is 0 Å². The molecule has 2 fully saturated rings. The Bertz CT molecular complexity index is 345. The van der Waals surface area contributed by atoms with Crippen molar-refractivity contribution in [1.82, 2.24) is 14.9 Å². The van der Waals surface area contributed by atoms with Gasteiger partial charge in [0.2, 0.25) is 0 Å². The monoisotopic (exact) mass is 274 g/mol. The molecule has 3 nitrogen and oxygen atoms in total. The maximum atomic E-state index is 2.56. The zero-order valence-electron chi connectivity index (χ0n) is 12.6. The highest BCUT2D eigenvalue weighted by Crippen LogP contribution is 2.21. The van der Waals surface area contributed by atoms with Crippen molar-refractivity contribution in [2.45, 2.75) is 51.4 Å². The number of rotatable bonds is 2. The van der Waals surface area contributed by atoms with E-state index in [1.165, 1.54) is 83.2 Å². The van der Waals surface area contributed by atoms with Crippen LogP contribution in [0.2, 0.25) is 0 Å². The molecular weight excluding hydrogens is 246 g/mol. The summed E-state index contributed by atoms with van der Waals surface area (Å²) in [6, 6.07) is 0. The van der Waals surface area contributed by atoms with E-state index in [0.717, 1.165) is 0 Å². The van der Waals surface area contributed by atoms with E-state index in [9.17, 15) is 0 Å². The molecule has 3 aliphatic rings. The second-order valence-corrected chi connectivity index (χ2v) is 6.21. The Morgan fingerprint density at radius 2 is 1.30 bits per heavy atom. The Kier molecular flexibility index (Phi) is 5.01. The molecule has 0 amide bonds. The van der Waals surface area contributed by atoms with Crippen molar-refractivity contribution in [3.63, 3.8) is 0 Å². The van der Waals surface area contributed by atoms with Gasteiger partial charge in [-0.15, -0.1) is 0 Å². The normalized spacial score (nSPS) is 26.1. The fraction of sp³-hybridized carbons (Fsp3) is 0.706. The van der Waals surface area contributed by atoms with E-state index in [1.54, 1.807) is 0 Å². The summed E-state index contributed by atoms with van der Waals surface area (Å²) in [6.07, 6.45) is 17.8. The van der Waals surface area contributed by atoms with Crippen LogP contribution in [0.4, 0.5) is 0 Å². The average Bonchev–Trinajstić information content (AvgIpc) is 2.92. The maximum Gasteiger partial charge on any atom is 0.0909 e. The largest absolute Gasteiger partial charge is 0.372 e. The van der Waals surface area contributed by atoms with Crippen LogP contribution in [0, 0.1) is 6.54 Å². The molecule has 3 rings (SSSR count). The van der Waals surface area contributed by atoms with Crippen LogP contribution in [0.5, 0.6) is 0 Å². The van der Waals surface area contributed by atoms with Crippen LogP contribution in [-0.4, -0.2) is 41.1 Å². The van der Waals surface area contributed by atoms with Crippen LogP contribution in [0.3, 0.4) is 0 Å². The number of hydrogen-bond acceptors (Lipinski definition) is 3. The molecule has 3 heteroatoms. The summed E-state index contributed by atoms with van der Waals surface area (Å²) < 4.78 is 0. The third-order valence-corrected chi connectivity index (χ3v) is 4.68. The van der Waals surface area contributed by atoms with Gasteiger partial charge in [-0.3, -0.25) is 0 Å². The van der Waals surface area contributed by atoms with Crippen LogP contribution >= 0.6 is 0 Å². The molecule has 0 spiro atoms. The van der Waals surface area contributed by atoms with E-state index in [2.05, 4.69) is 39.8 Å². The van der Waals surface area contributed by atoms with Crippen molar-refractivity contribution in [2.24, 2.45) is 0 Å². The number of likely N-dealkylation sites (tertiary alicyclic amines) is 1. The number of allylic oxidation sites excluding steroid dienone is 1. The van der Waals surface area contributed by atoms with Gasteiger partial charge in [0.15, 0.2) is 0 Å². The molecule has 111 valence electrons. The highest BCUT2D eigenvalue weighted by molar-refractivity contribution is 5.25. The molecule has 0 saturated carbocycles. The molecule has 0 N–H and O–H groups in total. The van der Waals surface area contributed by atoms with E-state index in [4.69, 9.17) is 0 Å². The van der Waals surface area contributed by atoms with Gasteiger partial charge in [0.1, 0.15) is 0 Å².